The molecule has 0 amide bonds. The summed E-state index contributed by atoms with van der Waals surface area (Å²) in [5.74, 6) is 3.44. The van der Waals surface area contributed by atoms with E-state index in [0.29, 0.717) is 0 Å². The molecule has 0 N–H and O–H groups in total. The van der Waals surface area contributed by atoms with Gasteiger partial charge in [0.05, 0.1) is 16.7 Å². The highest BCUT2D eigenvalue weighted by molar-refractivity contribution is 8.17. The van der Waals surface area contributed by atoms with Gasteiger partial charge in [-0.05, 0) is 50.5 Å². The van der Waals surface area contributed by atoms with Gasteiger partial charge in [-0.3, -0.25) is 4.79 Å². The molecule has 0 aromatic carbocycles. The molecule has 3 nitrogen and oxygen atoms in total. The Balaban J connectivity index is 0. The lowest BCUT2D eigenvalue weighted by Gasteiger charge is -2.21. The van der Waals surface area contributed by atoms with Crippen LogP contribution in [0.4, 0.5) is 0 Å². The molecule has 25 heavy (non-hydrogen) atoms. The summed E-state index contributed by atoms with van der Waals surface area (Å²) >= 11 is 6.03. The summed E-state index contributed by atoms with van der Waals surface area (Å²) in [5.41, 5.74) is 1.13. The maximum Gasteiger partial charge on any atom is 0.302 e. The van der Waals surface area contributed by atoms with E-state index in [-0.39, 0.29) is 5.97 Å². The Morgan fingerprint density at radius 1 is 1.32 bits per heavy atom. The van der Waals surface area contributed by atoms with Crippen LogP contribution in [0, 0.1) is 19.8 Å². The Labute approximate surface area is 167 Å². The fourth-order valence-electron chi connectivity index (χ4n) is 1.64. The first kappa shape index (κ1) is 26.8. The first-order valence-electron chi connectivity index (χ1n) is 8.51. The van der Waals surface area contributed by atoms with E-state index in [1.807, 2.05) is 13.8 Å². The minimum absolute atomic E-state index is 0.245. The Morgan fingerprint density at radius 2 is 1.84 bits per heavy atom. The van der Waals surface area contributed by atoms with Gasteiger partial charge in [0.2, 0.25) is 0 Å². The largest absolute Gasteiger partial charge is 0.469 e. The molecule has 0 saturated carbocycles. The number of thiazole rings is 1. The predicted molar refractivity (Wildman–Crippen MR) is 118 cm³/mol. The van der Waals surface area contributed by atoms with Crippen molar-refractivity contribution < 1.29 is 9.53 Å². The van der Waals surface area contributed by atoms with Crippen molar-refractivity contribution in [2.45, 2.75) is 58.5 Å². The van der Waals surface area contributed by atoms with Crippen molar-refractivity contribution in [2.75, 3.05) is 18.6 Å². The number of aryl methyl sites for hydroxylation is 2. The average molecular weight is 406 g/mol. The van der Waals surface area contributed by atoms with E-state index in [0.717, 1.165) is 21.2 Å². The maximum atomic E-state index is 9.59. The number of thioether (sulfide) groups is 2. The molecule has 1 saturated heterocycles. The monoisotopic (exact) mass is 405 g/mol. The highest BCUT2D eigenvalue weighted by atomic mass is 32.2. The standard InChI is InChI=1S/C9H18S2.C5H7NS.C3H6O2.C2H4/c1-8(2)4-5-9-10-6-3-7-11-9;1-4-3-7-5(2)6-4;1-3(4)5-2;1-2/h8-9H,3-7H2,1-2H3;3H,1-2H3;1-2H3;1-2H2. The van der Waals surface area contributed by atoms with E-state index >= 15 is 0 Å². The highest BCUT2D eigenvalue weighted by Crippen LogP contribution is 2.34. The molecule has 6 heteroatoms. The van der Waals surface area contributed by atoms with Gasteiger partial charge < -0.3 is 4.74 Å². The Morgan fingerprint density at radius 3 is 2.12 bits per heavy atom. The van der Waals surface area contributed by atoms with Crippen LogP contribution in [-0.2, 0) is 9.53 Å². The molecule has 1 aliphatic rings. The number of ether oxygens (including phenoxy) is 1. The van der Waals surface area contributed by atoms with Gasteiger partial charge in [0.25, 0.3) is 0 Å². The smallest absolute Gasteiger partial charge is 0.302 e. The second-order valence-electron chi connectivity index (χ2n) is 5.70. The van der Waals surface area contributed by atoms with E-state index in [1.165, 1.54) is 44.8 Å². The number of methoxy groups -OCH3 is 1. The zero-order valence-electron chi connectivity index (χ0n) is 16.7. The molecule has 2 rings (SSSR count). The second-order valence-corrected chi connectivity index (χ2v) is 9.68. The molecule has 0 atom stereocenters. The quantitative estimate of drug-likeness (QED) is 0.432. The molecule has 1 aromatic heterocycles. The summed E-state index contributed by atoms with van der Waals surface area (Å²) in [4.78, 5) is 13.7. The van der Waals surface area contributed by atoms with E-state index < -0.39 is 0 Å². The number of carbonyl (C=O) groups is 1. The minimum atomic E-state index is -0.245. The van der Waals surface area contributed by atoms with E-state index in [4.69, 9.17) is 0 Å². The van der Waals surface area contributed by atoms with Gasteiger partial charge in [-0.2, -0.15) is 0 Å². The van der Waals surface area contributed by atoms with Gasteiger partial charge in [0, 0.05) is 18.0 Å². The van der Waals surface area contributed by atoms with Crippen LogP contribution in [0.2, 0.25) is 0 Å². The molecule has 0 spiro atoms. The van der Waals surface area contributed by atoms with Crippen molar-refractivity contribution in [3.63, 3.8) is 0 Å². The average Bonchev–Trinajstić information content (AvgIpc) is 3.00. The first-order valence-corrected chi connectivity index (χ1v) is 11.5. The molecule has 0 bridgehead atoms. The maximum absolute atomic E-state index is 9.59. The van der Waals surface area contributed by atoms with Gasteiger partial charge in [-0.1, -0.05) is 13.8 Å². The molecule has 1 aliphatic heterocycles. The van der Waals surface area contributed by atoms with Crippen LogP contribution < -0.4 is 0 Å². The number of hydrogen-bond donors (Lipinski definition) is 0. The van der Waals surface area contributed by atoms with E-state index in [2.05, 4.69) is 65.6 Å². The van der Waals surface area contributed by atoms with Crippen molar-refractivity contribution in [1.29, 1.82) is 0 Å². The second kappa shape index (κ2) is 18.3. The van der Waals surface area contributed by atoms with E-state index in [9.17, 15) is 4.79 Å². The number of carbonyl (C=O) groups excluding carboxylic acids is 1. The lowest BCUT2D eigenvalue weighted by Crippen LogP contribution is -2.07. The number of aromatic nitrogens is 1. The molecule has 2 heterocycles. The van der Waals surface area contributed by atoms with Crippen molar-refractivity contribution in [3.8, 4) is 0 Å². The van der Waals surface area contributed by atoms with Gasteiger partial charge in [0.1, 0.15) is 0 Å². The van der Waals surface area contributed by atoms with Crippen LogP contribution in [0.5, 0.6) is 0 Å². The summed E-state index contributed by atoms with van der Waals surface area (Å²) < 4.78 is 5.03. The lowest BCUT2D eigenvalue weighted by atomic mass is 10.1. The lowest BCUT2D eigenvalue weighted by molar-refractivity contribution is -0.137. The van der Waals surface area contributed by atoms with Gasteiger partial charge in [0.15, 0.2) is 0 Å². The normalized spacial score (nSPS) is 13.4. The summed E-state index contributed by atoms with van der Waals surface area (Å²) in [6.07, 6.45) is 4.26. The molecule has 0 unspecified atom stereocenters. The van der Waals surface area contributed by atoms with Gasteiger partial charge >= 0.3 is 5.97 Å². The number of rotatable bonds is 3. The summed E-state index contributed by atoms with van der Waals surface area (Å²) in [5, 5.41) is 3.20. The number of esters is 1. The minimum Gasteiger partial charge on any atom is -0.469 e. The molecule has 0 aliphatic carbocycles. The Kier molecular flexibility index (Phi) is 19.6. The van der Waals surface area contributed by atoms with Crippen LogP contribution in [0.3, 0.4) is 0 Å². The zero-order chi connectivity index (χ0) is 19.7. The van der Waals surface area contributed by atoms with Gasteiger partial charge in [-0.15, -0.1) is 48.0 Å². The fraction of sp³-hybridized carbons (Fsp3) is 0.684. The molecule has 0 radical (unpaired) electrons. The predicted octanol–water partition coefficient (Wildman–Crippen LogP) is 6.36. The van der Waals surface area contributed by atoms with Crippen molar-refractivity contribution in [3.05, 3.63) is 29.2 Å². The third-order valence-corrected chi connectivity index (χ3v) is 6.87. The fourth-order valence-corrected chi connectivity index (χ4v) is 5.13. The molecule has 1 aromatic rings. The third-order valence-electron chi connectivity index (χ3n) is 2.90. The molecular formula is C19H35NO2S3. The van der Waals surface area contributed by atoms with Gasteiger partial charge in [-0.25, -0.2) is 4.98 Å². The molecule has 1 fully saturated rings. The van der Waals surface area contributed by atoms with Crippen LogP contribution in [0.25, 0.3) is 0 Å². The highest BCUT2D eigenvalue weighted by Gasteiger charge is 2.13. The molecule has 146 valence electrons. The van der Waals surface area contributed by atoms with Crippen LogP contribution in [0.1, 0.15) is 50.7 Å². The van der Waals surface area contributed by atoms with Crippen LogP contribution >= 0.6 is 34.9 Å². The SMILES string of the molecule is C=C.CC(C)CCC1SCCCS1.COC(C)=O.Cc1csc(C)n1. The Hall–Kier alpha value is -0.460. The molecular weight excluding hydrogens is 370 g/mol. The third kappa shape index (κ3) is 19.7. The van der Waals surface area contributed by atoms with Crippen molar-refractivity contribution in [2.24, 2.45) is 5.92 Å². The van der Waals surface area contributed by atoms with Crippen molar-refractivity contribution >= 4 is 40.8 Å². The summed E-state index contributed by atoms with van der Waals surface area (Å²) in [7, 11) is 1.35. The van der Waals surface area contributed by atoms with Crippen LogP contribution in [-0.4, -0.2) is 34.2 Å². The first-order chi connectivity index (χ1) is 11.8. The summed E-state index contributed by atoms with van der Waals surface area (Å²) in [6.45, 7) is 16.0. The topological polar surface area (TPSA) is 39.2 Å². The Bertz CT molecular complexity index is 414. The number of hydrogen-bond acceptors (Lipinski definition) is 6. The van der Waals surface area contributed by atoms with E-state index in [1.54, 1.807) is 11.3 Å². The summed E-state index contributed by atoms with van der Waals surface area (Å²) in [6, 6.07) is 0. The van der Waals surface area contributed by atoms with Crippen molar-refractivity contribution in [1.82, 2.24) is 4.98 Å². The zero-order valence-corrected chi connectivity index (χ0v) is 19.1. The number of nitrogens with zero attached hydrogens (tertiary/aromatic N) is 1. The van der Waals surface area contributed by atoms with Crippen LogP contribution in [0.15, 0.2) is 18.5 Å².